The van der Waals surface area contributed by atoms with Crippen molar-refractivity contribution < 1.29 is 4.79 Å². The van der Waals surface area contributed by atoms with Gasteiger partial charge in [0, 0.05) is 44.5 Å². The van der Waals surface area contributed by atoms with E-state index in [-0.39, 0.29) is 5.92 Å². The topological polar surface area (TPSA) is 75.4 Å². The highest BCUT2D eigenvalue weighted by atomic mass is 16.2. The van der Waals surface area contributed by atoms with Gasteiger partial charge in [0.2, 0.25) is 5.91 Å². The molecule has 2 unspecified atom stereocenters. The van der Waals surface area contributed by atoms with Crippen molar-refractivity contribution in [1.29, 1.82) is 0 Å². The van der Waals surface area contributed by atoms with Crippen molar-refractivity contribution in [3.63, 3.8) is 0 Å². The Balaban J connectivity index is 1.57. The molecule has 0 radical (unpaired) electrons. The van der Waals surface area contributed by atoms with Crippen LogP contribution in [0, 0.1) is 11.8 Å². The Morgan fingerprint density at radius 1 is 1.24 bits per heavy atom. The molecule has 21 heavy (non-hydrogen) atoms. The number of nitrogens with zero attached hydrogens (tertiary/aromatic N) is 4. The Bertz CT molecular complexity index is 472. The number of aromatic nitrogens is 2. The molecule has 2 aliphatic rings. The van der Waals surface area contributed by atoms with E-state index in [9.17, 15) is 4.79 Å². The van der Waals surface area contributed by atoms with Crippen molar-refractivity contribution in [1.82, 2.24) is 14.9 Å². The second-order valence-electron chi connectivity index (χ2n) is 5.91. The third-order valence-electron chi connectivity index (χ3n) is 4.74. The van der Waals surface area contributed by atoms with Crippen molar-refractivity contribution in [2.75, 3.05) is 37.6 Å². The molecule has 1 aliphatic heterocycles. The monoisotopic (exact) mass is 289 g/mol. The van der Waals surface area contributed by atoms with Crippen LogP contribution >= 0.6 is 0 Å². The Hall–Kier alpha value is -1.69. The van der Waals surface area contributed by atoms with E-state index in [1.807, 2.05) is 4.90 Å². The summed E-state index contributed by atoms with van der Waals surface area (Å²) < 4.78 is 0. The van der Waals surface area contributed by atoms with Crippen molar-refractivity contribution in [2.24, 2.45) is 17.6 Å². The number of hydrogen-bond donors (Lipinski definition) is 1. The van der Waals surface area contributed by atoms with Gasteiger partial charge in [-0.2, -0.15) is 0 Å². The van der Waals surface area contributed by atoms with Crippen LogP contribution in [0.15, 0.2) is 18.6 Å². The molecule has 1 amide bonds. The van der Waals surface area contributed by atoms with Crippen molar-refractivity contribution in [3.8, 4) is 0 Å². The molecule has 6 heteroatoms. The van der Waals surface area contributed by atoms with Crippen LogP contribution in [0.5, 0.6) is 0 Å². The van der Waals surface area contributed by atoms with E-state index in [4.69, 9.17) is 5.73 Å². The Morgan fingerprint density at radius 2 is 2.05 bits per heavy atom. The van der Waals surface area contributed by atoms with Gasteiger partial charge in [-0.05, 0) is 25.3 Å². The first-order valence-electron chi connectivity index (χ1n) is 7.79. The lowest BCUT2D eigenvalue weighted by Crippen LogP contribution is -2.51. The largest absolute Gasteiger partial charge is 0.352 e. The summed E-state index contributed by atoms with van der Waals surface area (Å²) in [6, 6.07) is 0. The number of carbonyl (C=O) groups is 1. The summed E-state index contributed by atoms with van der Waals surface area (Å²) in [4.78, 5) is 25.2. The van der Waals surface area contributed by atoms with E-state index in [1.165, 1.54) is 0 Å². The van der Waals surface area contributed by atoms with Crippen LogP contribution in [-0.2, 0) is 4.79 Å². The molecule has 0 aromatic carbocycles. The highest BCUT2D eigenvalue weighted by molar-refractivity contribution is 5.79. The van der Waals surface area contributed by atoms with Crippen LogP contribution in [0.3, 0.4) is 0 Å². The molecular formula is C15H23N5O. The van der Waals surface area contributed by atoms with Crippen LogP contribution in [0.25, 0.3) is 0 Å². The minimum absolute atomic E-state index is 0.151. The normalized spacial score (nSPS) is 26.1. The fourth-order valence-corrected chi connectivity index (χ4v) is 3.49. The highest BCUT2D eigenvalue weighted by Crippen LogP contribution is 2.32. The van der Waals surface area contributed by atoms with Gasteiger partial charge < -0.3 is 15.5 Å². The Labute approximate surface area is 125 Å². The van der Waals surface area contributed by atoms with Crippen LogP contribution in [0.1, 0.15) is 19.3 Å². The molecule has 6 nitrogen and oxygen atoms in total. The number of anilines is 1. The number of piperazine rings is 1. The smallest absolute Gasteiger partial charge is 0.226 e. The summed E-state index contributed by atoms with van der Waals surface area (Å²) in [5, 5.41) is 0. The van der Waals surface area contributed by atoms with Crippen LogP contribution in [-0.4, -0.2) is 53.5 Å². The summed E-state index contributed by atoms with van der Waals surface area (Å²) in [7, 11) is 0. The molecule has 0 bridgehead atoms. The lowest BCUT2D eigenvalue weighted by atomic mass is 9.94. The van der Waals surface area contributed by atoms with Gasteiger partial charge in [0.05, 0.1) is 6.20 Å². The predicted octanol–water partition coefficient (Wildman–Crippen LogP) is 0.500. The molecule has 0 spiro atoms. The van der Waals surface area contributed by atoms with E-state index in [0.717, 1.165) is 51.3 Å². The second-order valence-corrected chi connectivity index (χ2v) is 5.91. The van der Waals surface area contributed by atoms with Crippen LogP contribution in [0.4, 0.5) is 5.82 Å². The molecule has 1 aromatic heterocycles. The molecule has 1 saturated carbocycles. The average Bonchev–Trinajstić information content (AvgIpc) is 3.04. The van der Waals surface area contributed by atoms with E-state index in [1.54, 1.807) is 18.6 Å². The number of rotatable bonds is 3. The van der Waals surface area contributed by atoms with Crippen LogP contribution in [0.2, 0.25) is 0 Å². The first kappa shape index (κ1) is 14.3. The van der Waals surface area contributed by atoms with Gasteiger partial charge in [0.15, 0.2) is 0 Å². The summed E-state index contributed by atoms with van der Waals surface area (Å²) in [5.41, 5.74) is 5.80. The van der Waals surface area contributed by atoms with E-state index < -0.39 is 0 Å². The SMILES string of the molecule is NCC1CCCC1C(=O)N1CCN(c2cnccn2)CC1. The third-order valence-corrected chi connectivity index (χ3v) is 4.74. The first-order valence-corrected chi connectivity index (χ1v) is 7.79. The highest BCUT2D eigenvalue weighted by Gasteiger charge is 2.35. The Morgan fingerprint density at radius 3 is 2.71 bits per heavy atom. The minimum atomic E-state index is 0.151. The zero-order valence-corrected chi connectivity index (χ0v) is 12.3. The Kier molecular flexibility index (Phi) is 4.34. The lowest BCUT2D eigenvalue weighted by molar-refractivity contribution is -0.136. The zero-order valence-electron chi connectivity index (χ0n) is 12.3. The van der Waals surface area contributed by atoms with Crippen molar-refractivity contribution in [3.05, 3.63) is 18.6 Å². The quantitative estimate of drug-likeness (QED) is 0.877. The van der Waals surface area contributed by atoms with E-state index in [0.29, 0.717) is 18.4 Å². The van der Waals surface area contributed by atoms with Crippen molar-refractivity contribution in [2.45, 2.75) is 19.3 Å². The molecule has 2 atom stereocenters. The van der Waals surface area contributed by atoms with E-state index in [2.05, 4.69) is 14.9 Å². The molecule has 1 aromatic rings. The molecule has 114 valence electrons. The maximum absolute atomic E-state index is 12.6. The van der Waals surface area contributed by atoms with Gasteiger partial charge in [0.1, 0.15) is 5.82 Å². The van der Waals surface area contributed by atoms with Gasteiger partial charge in [-0.25, -0.2) is 4.98 Å². The molecule has 3 rings (SSSR count). The van der Waals surface area contributed by atoms with Gasteiger partial charge >= 0.3 is 0 Å². The average molecular weight is 289 g/mol. The standard InChI is InChI=1S/C15H23N5O/c16-10-12-2-1-3-13(12)15(21)20-8-6-19(7-9-20)14-11-17-4-5-18-14/h4-5,11-13H,1-3,6-10,16H2. The number of nitrogens with two attached hydrogens (primary N) is 1. The zero-order chi connectivity index (χ0) is 14.7. The van der Waals surface area contributed by atoms with E-state index >= 15 is 0 Å². The van der Waals surface area contributed by atoms with Gasteiger partial charge in [-0.1, -0.05) is 6.42 Å². The fourth-order valence-electron chi connectivity index (χ4n) is 3.49. The summed E-state index contributed by atoms with van der Waals surface area (Å²) in [6.45, 7) is 3.82. The molecule has 2 N–H and O–H groups in total. The second kappa shape index (κ2) is 6.39. The minimum Gasteiger partial charge on any atom is -0.352 e. The maximum Gasteiger partial charge on any atom is 0.226 e. The summed E-state index contributed by atoms with van der Waals surface area (Å²) >= 11 is 0. The first-order chi connectivity index (χ1) is 10.3. The molecule has 2 heterocycles. The van der Waals surface area contributed by atoms with Crippen LogP contribution < -0.4 is 10.6 Å². The number of hydrogen-bond acceptors (Lipinski definition) is 5. The van der Waals surface area contributed by atoms with Gasteiger partial charge in [0.25, 0.3) is 0 Å². The number of carbonyl (C=O) groups excluding carboxylic acids is 1. The molecular weight excluding hydrogens is 266 g/mol. The summed E-state index contributed by atoms with van der Waals surface area (Å²) in [5.74, 6) is 1.74. The van der Waals surface area contributed by atoms with Crippen molar-refractivity contribution >= 4 is 11.7 Å². The molecule has 2 fully saturated rings. The van der Waals surface area contributed by atoms with Gasteiger partial charge in [-0.3, -0.25) is 9.78 Å². The lowest BCUT2D eigenvalue weighted by Gasteiger charge is -2.37. The fraction of sp³-hybridized carbons (Fsp3) is 0.667. The molecule has 1 aliphatic carbocycles. The van der Waals surface area contributed by atoms with Gasteiger partial charge in [-0.15, -0.1) is 0 Å². The third kappa shape index (κ3) is 3.00. The summed E-state index contributed by atoms with van der Waals surface area (Å²) in [6.07, 6.45) is 8.40. The maximum atomic E-state index is 12.6. The number of amides is 1. The molecule has 1 saturated heterocycles. The predicted molar refractivity (Wildman–Crippen MR) is 80.7 cm³/mol.